The molecule has 3 heteroatoms. The van der Waals surface area contributed by atoms with E-state index in [0.29, 0.717) is 5.92 Å². The third-order valence-corrected chi connectivity index (χ3v) is 2.14. The van der Waals surface area contributed by atoms with Crippen molar-refractivity contribution in [3.8, 4) is 0 Å². The molecule has 1 nitrogen and oxygen atoms in total. The van der Waals surface area contributed by atoms with Gasteiger partial charge < -0.3 is 5.73 Å². The Morgan fingerprint density at radius 1 is 1.42 bits per heavy atom. The summed E-state index contributed by atoms with van der Waals surface area (Å²) < 4.78 is 11.7. The van der Waals surface area contributed by atoms with Crippen molar-refractivity contribution in [1.29, 1.82) is 0 Å². The van der Waals surface area contributed by atoms with Crippen LogP contribution < -0.4 is 5.73 Å². The fraction of sp³-hybridized carbons (Fsp3) is 1.00. The van der Waals surface area contributed by atoms with E-state index in [4.69, 9.17) is 0 Å². The molecule has 0 aliphatic rings. The monoisotopic (exact) mass is 289 g/mol. The van der Waals surface area contributed by atoms with E-state index in [2.05, 4.69) is 19.6 Å². The van der Waals surface area contributed by atoms with Crippen LogP contribution in [0.3, 0.4) is 0 Å². The first-order chi connectivity index (χ1) is 5.66. The molecule has 0 aromatic carbocycles. The molecule has 0 fully saturated rings. The predicted octanol–water partition coefficient (Wildman–Crippen LogP) is 3.51. The molecule has 0 radical (unpaired) electrons. The molecule has 12 heavy (non-hydrogen) atoms. The van der Waals surface area contributed by atoms with E-state index in [0.717, 1.165) is 6.42 Å². The van der Waals surface area contributed by atoms with Crippen molar-refractivity contribution in [2.24, 2.45) is 11.7 Å². The summed E-state index contributed by atoms with van der Waals surface area (Å²) in [4.78, 5) is 0. The van der Waals surface area contributed by atoms with Crippen molar-refractivity contribution >= 4 is 22.6 Å². The molecule has 2 unspecified atom stereocenters. The maximum atomic E-state index is 12.4. The third-order valence-electron chi connectivity index (χ3n) is 1.63. The first kappa shape index (κ1) is 15.1. The van der Waals surface area contributed by atoms with Gasteiger partial charge in [-0.3, -0.25) is 0 Å². The fourth-order valence-electron chi connectivity index (χ4n) is 0.975. The van der Waals surface area contributed by atoms with Crippen LogP contribution in [0.1, 0.15) is 39.5 Å². The molecule has 0 aromatic rings. The Balaban J connectivity index is 0. The Bertz CT molecular complexity index is 78.9. The summed E-state index contributed by atoms with van der Waals surface area (Å²) in [7, 11) is 1.50. The number of halogens is 2. The van der Waals surface area contributed by atoms with E-state index >= 15 is 0 Å². The molecule has 0 saturated carbocycles. The minimum absolute atomic E-state index is 0.562. The normalized spacial score (nSPS) is 14.5. The first-order valence-electron chi connectivity index (χ1n) is 4.52. The zero-order valence-electron chi connectivity index (χ0n) is 8.32. The summed E-state index contributed by atoms with van der Waals surface area (Å²) in [6.45, 7) is 4.30. The van der Waals surface area contributed by atoms with E-state index in [1.807, 2.05) is 22.6 Å². The quantitative estimate of drug-likeness (QED) is 0.608. The molecular weight excluding hydrogens is 268 g/mol. The van der Waals surface area contributed by atoms with Gasteiger partial charge in [-0.15, -0.1) is 0 Å². The van der Waals surface area contributed by atoms with E-state index in [-0.39, 0.29) is 0 Å². The van der Waals surface area contributed by atoms with E-state index in [1.54, 1.807) is 0 Å². The molecule has 0 aromatic heterocycles. The number of alkyl halides is 2. The van der Waals surface area contributed by atoms with Crippen LogP contribution in [0.4, 0.5) is 4.39 Å². The Kier molecular flexibility index (Phi) is 14.6. The van der Waals surface area contributed by atoms with Gasteiger partial charge in [-0.1, -0.05) is 33.1 Å². The molecule has 0 bridgehead atoms. The highest BCUT2D eigenvalue weighted by molar-refractivity contribution is 14.1. The van der Waals surface area contributed by atoms with E-state index in [1.165, 1.54) is 26.3 Å². The lowest BCUT2D eigenvalue weighted by molar-refractivity contribution is 0.367. The number of nitrogens with two attached hydrogens (primary N) is 1. The van der Waals surface area contributed by atoms with Crippen LogP contribution in [0.5, 0.6) is 0 Å². The Labute approximate surface area is 89.4 Å². The third kappa shape index (κ3) is 13.2. The van der Waals surface area contributed by atoms with Gasteiger partial charge >= 0.3 is 0 Å². The average molecular weight is 289 g/mol. The van der Waals surface area contributed by atoms with Crippen LogP contribution in [0.15, 0.2) is 0 Å². The molecule has 0 saturated heterocycles. The van der Waals surface area contributed by atoms with Crippen LogP contribution in [-0.2, 0) is 0 Å². The Hall–Kier alpha value is 0.620. The number of hydrogen-bond acceptors (Lipinski definition) is 1. The van der Waals surface area contributed by atoms with E-state index < -0.39 is 4.18 Å². The topological polar surface area (TPSA) is 26.0 Å². The summed E-state index contributed by atoms with van der Waals surface area (Å²) in [5.41, 5.74) is 4.50. The SMILES string of the molecule is CCCCC(C)CC(F)I.CN. The molecule has 0 spiro atoms. The zero-order valence-corrected chi connectivity index (χ0v) is 10.5. The van der Waals surface area contributed by atoms with Crippen LogP contribution in [0.25, 0.3) is 0 Å². The van der Waals surface area contributed by atoms with Gasteiger partial charge in [0.2, 0.25) is 0 Å². The smallest absolute Gasteiger partial charge is 0.151 e. The van der Waals surface area contributed by atoms with Crippen molar-refractivity contribution in [3.63, 3.8) is 0 Å². The van der Waals surface area contributed by atoms with Gasteiger partial charge in [-0.2, -0.15) is 0 Å². The van der Waals surface area contributed by atoms with Crippen molar-refractivity contribution in [2.75, 3.05) is 7.05 Å². The van der Waals surface area contributed by atoms with Crippen LogP contribution in [0, 0.1) is 5.92 Å². The molecule has 76 valence electrons. The lowest BCUT2D eigenvalue weighted by atomic mass is 10.0. The maximum Gasteiger partial charge on any atom is 0.151 e. The van der Waals surface area contributed by atoms with Gasteiger partial charge in [-0.05, 0) is 42.0 Å². The summed E-state index contributed by atoms with van der Waals surface area (Å²) in [6, 6.07) is 0. The predicted molar refractivity (Wildman–Crippen MR) is 62.3 cm³/mol. The van der Waals surface area contributed by atoms with Gasteiger partial charge in [0, 0.05) is 0 Å². The summed E-state index contributed by atoms with van der Waals surface area (Å²) >= 11 is 1.84. The second-order valence-electron chi connectivity index (χ2n) is 2.87. The van der Waals surface area contributed by atoms with E-state index in [9.17, 15) is 4.39 Å². The molecule has 0 aliphatic carbocycles. The van der Waals surface area contributed by atoms with Crippen molar-refractivity contribution in [2.45, 2.75) is 43.7 Å². The largest absolute Gasteiger partial charge is 0.333 e. The van der Waals surface area contributed by atoms with Gasteiger partial charge in [0.25, 0.3) is 0 Å². The van der Waals surface area contributed by atoms with Crippen molar-refractivity contribution in [1.82, 2.24) is 0 Å². The van der Waals surface area contributed by atoms with Gasteiger partial charge in [0.15, 0.2) is 4.18 Å². The highest BCUT2D eigenvalue weighted by atomic mass is 127. The summed E-state index contributed by atoms with van der Waals surface area (Å²) in [5.74, 6) is 0.562. The lowest BCUT2D eigenvalue weighted by Crippen LogP contribution is -1.99. The highest BCUT2D eigenvalue weighted by Crippen LogP contribution is 2.19. The zero-order chi connectivity index (χ0) is 9.98. The molecule has 0 heterocycles. The molecule has 0 aliphatic heterocycles. The van der Waals surface area contributed by atoms with Crippen molar-refractivity contribution in [3.05, 3.63) is 0 Å². The molecular formula is C9H21FIN. The minimum Gasteiger partial charge on any atom is -0.333 e. The standard InChI is InChI=1S/C8H16FI.CH5N/c1-3-4-5-7(2)6-8(9)10;1-2/h7-8H,3-6H2,1-2H3;2H2,1H3. The fourth-order valence-corrected chi connectivity index (χ4v) is 1.84. The molecule has 2 atom stereocenters. The number of rotatable bonds is 5. The second-order valence-corrected chi connectivity index (χ2v) is 4.23. The number of hydrogen-bond donors (Lipinski definition) is 1. The second kappa shape index (κ2) is 11.6. The highest BCUT2D eigenvalue weighted by Gasteiger charge is 2.06. The van der Waals surface area contributed by atoms with Gasteiger partial charge in [0.05, 0.1) is 0 Å². The number of unbranched alkanes of at least 4 members (excludes halogenated alkanes) is 1. The Morgan fingerprint density at radius 3 is 2.25 bits per heavy atom. The minimum atomic E-state index is -0.649. The molecule has 0 amide bonds. The van der Waals surface area contributed by atoms with Crippen LogP contribution in [-0.4, -0.2) is 11.2 Å². The molecule has 0 rings (SSSR count). The maximum absolute atomic E-state index is 12.4. The first-order valence-corrected chi connectivity index (χ1v) is 5.77. The van der Waals surface area contributed by atoms with Crippen LogP contribution >= 0.6 is 22.6 Å². The molecule has 2 N–H and O–H groups in total. The van der Waals surface area contributed by atoms with Crippen molar-refractivity contribution < 1.29 is 4.39 Å². The Morgan fingerprint density at radius 2 is 1.92 bits per heavy atom. The summed E-state index contributed by atoms with van der Waals surface area (Å²) in [6.07, 6.45) is 4.37. The lowest BCUT2D eigenvalue weighted by Gasteiger charge is -2.09. The average Bonchev–Trinajstić information content (AvgIpc) is 2.03. The summed E-state index contributed by atoms with van der Waals surface area (Å²) in [5, 5.41) is 0. The van der Waals surface area contributed by atoms with Gasteiger partial charge in [0.1, 0.15) is 0 Å². The van der Waals surface area contributed by atoms with Gasteiger partial charge in [-0.25, -0.2) is 4.39 Å². The van der Waals surface area contributed by atoms with Crippen LogP contribution in [0.2, 0.25) is 0 Å².